The highest BCUT2D eigenvalue weighted by atomic mass is 32.2. The fourth-order valence-corrected chi connectivity index (χ4v) is 5.90. The minimum absolute atomic E-state index is 0.0727. The molecular formula is C19H19N5O3S2. The van der Waals surface area contributed by atoms with Gasteiger partial charge in [-0.2, -0.15) is 4.68 Å². The maximum Gasteiger partial charge on any atom is 0.270 e. The van der Waals surface area contributed by atoms with Crippen LogP contribution in [0.15, 0.2) is 58.6 Å². The molecule has 0 aliphatic carbocycles. The van der Waals surface area contributed by atoms with Crippen molar-refractivity contribution in [1.82, 2.24) is 24.5 Å². The molecule has 2 heterocycles. The molecule has 2 aromatic carbocycles. The summed E-state index contributed by atoms with van der Waals surface area (Å²) in [6, 6.07) is 14.3. The van der Waals surface area contributed by atoms with E-state index in [1.54, 1.807) is 6.07 Å². The minimum atomic E-state index is -3.91. The molecule has 10 heteroatoms. The van der Waals surface area contributed by atoms with Crippen molar-refractivity contribution >= 4 is 27.7 Å². The van der Waals surface area contributed by atoms with Crippen molar-refractivity contribution in [2.24, 2.45) is 0 Å². The van der Waals surface area contributed by atoms with E-state index in [4.69, 9.17) is 0 Å². The Labute approximate surface area is 173 Å². The first-order valence-electron chi connectivity index (χ1n) is 9.11. The Balaban J connectivity index is 1.63. The summed E-state index contributed by atoms with van der Waals surface area (Å²) in [5, 5.41) is 12.0. The molecule has 0 bridgehead atoms. The number of para-hydroxylation sites is 1. The summed E-state index contributed by atoms with van der Waals surface area (Å²) in [4.78, 5) is 13.1. The summed E-state index contributed by atoms with van der Waals surface area (Å²) in [7, 11) is -3.91. The third-order valence-corrected chi connectivity index (χ3v) is 7.80. The molecule has 0 spiro atoms. The number of thioether (sulfide) groups is 1. The highest BCUT2D eigenvalue weighted by Crippen LogP contribution is 2.37. The van der Waals surface area contributed by atoms with E-state index in [9.17, 15) is 13.2 Å². The van der Waals surface area contributed by atoms with Gasteiger partial charge in [0.05, 0.1) is 17.1 Å². The smallest absolute Gasteiger partial charge is 0.268 e. The Morgan fingerprint density at radius 1 is 1.10 bits per heavy atom. The molecule has 0 saturated heterocycles. The van der Waals surface area contributed by atoms with Gasteiger partial charge < -0.3 is 0 Å². The topological polar surface area (TPSA) is 98.1 Å². The van der Waals surface area contributed by atoms with Gasteiger partial charge in [-0.25, -0.2) is 12.7 Å². The van der Waals surface area contributed by atoms with Gasteiger partial charge in [-0.15, -0.1) is 5.10 Å². The summed E-state index contributed by atoms with van der Waals surface area (Å²) >= 11 is 1.10. The minimum Gasteiger partial charge on any atom is -0.268 e. The van der Waals surface area contributed by atoms with Crippen molar-refractivity contribution in [3.8, 4) is 5.69 Å². The van der Waals surface area contributed by atoms with E-state index in [2.05, 4.69) is 15.5 Å². The van der Waals surface area contributed by atoms with Crippen LogP contribution in [0.2, 0.25) is 0 Å². The van der Waals surface area contributed by atoms with Gasteiger partial charge in [0.1, 0.15) is 4.90 Å². The summed E-state index contributed by atoms with van der Waals surface area (Å²) in [6.45, 7) is 4.00. The van der Waals surface area contributed by atoms with E-state index in [-0.39, 0.29) is 22.3 Å². The molecule has 1 unspecified atom stereocenters. The Hall–Kier alpha value is -2.72. The van der Waals surface area contributed by atoms with E-state index in [1.165, 1.54) is 10.7 Å². The van der Waals surface area contributed by atoms with E-state index < -0.39 is 15.9 Å². The number of sulfonamides is 1. The first kappa shape index (κ1) is 19.6. The molecule has 8 nitrogen and oxygen atoms in total. The Bertz CT molecular complexity index is 1160. The molecule has 4 rings (SSSR count). The molecule has 3 aromatic rings. The number of aromatic nitrogens is 4. The fourth-order valence-electron chi connectivity index (χ4n) is 3.22. The quantitative estimate of drug-likeness (QED) is 0.555. The Morgan fingerprint density at radius 2 is 1.86 bits per heavy atom. The zero-order valence-corrected chi connectivity index (χ0v) is 17.5. The Morgan fingerprint density at radius 3 is 2.59 bits per heavy atom. The van der Waals surface area contributed by atoms with Gasteiger partial charge >= 0.3 is 0 Å². The second-order valence-corrected chi connectivity index (χ2v) is 9.41. The second-order valence-electron chi connectivity index (χ2n) is 6.67. The van der Waals surface area contributed by atoms with Gasteiger partial charge in [0.2, 0.25) is 5.16 Å². The maximum atomic E-state index is 13.0. The summed E-state index contributed by atoms with van der Waals surface area (Å²) < 4.78 is 28.4. The number of tetrazole rings is 1. The number of rotatable bonds is 6. The number of carbonyl (C=O) groups is 1. The van der Waals surface area contributed by atoms with Crippen LogP contribution in [-0.2, 0) is 10.0 Å². The number of benzene rings is 2. The van der Waals surface area contributed by atoms with Crippen LogP contribution in [0.1, 0.15) is 42.1 Å². The van der Waals surface area contributed by atoms with Crippen LogP contribution in [0, 0.1) is 0 Å². The largest absolute Gasteiger partial charge is 0.270 e. The van der Waals surface area contributed by atoms with Crippen LogP contribution >= 0.6 is 11.8 Å². The number of hydrogen-bond donors (Lipinski definition) is 0. The number of hydrogen-bond acceptors (Lipinski definition) is 7. The van der Waals surface area contributed by atoms with Gasteiger partial charge in [0.25, 0.3) is 15.9 Å². The number of nitrogens with zero attached hydrogens (tertiary/aromatic N) is 5. The average molecular weight is 430 g/mol. The monoisotopic (exact) mass is 429 g/mol. The van der Waals surface area contributed by atoms with Gasteiger partial charge in [-0.3, -0.25) is 4.79 Å². The summed E-state index contributed by atoms with van der Waals surface area (Å²) in [6.07, 6.45) is 0.810. The van der Waals surface area contributed by atoms with Gasteiger partial charge in [0.15, 0.2) is 0 Å². The lowest BCUT2D eigenvalue weighted by Gasteiger charge is -2.14. The number of amides is 1. The van der Waals surface area contributed by atoms with E-state index in [0.29, 0.717) is 5.16 Å². The molecule has 0 radical (unpaired) electrons. The third kappa shape index (κ3) is 3.32. The normalized spacial score (nSPS) is 16.1. The standard InChI is InChI=1S/C19H19N5O3S2/c1-3-13(2)15-10-7-11-16-17(15)18(25)23(29(16,26)27)12-28-19-20-21-22-24(19)14-8-5-4-6-9-14/h4-11,13H,3,12H2,1-2H3. The average Bonchev–Trinajstić information content (AvgIpc) is 3.28. The Kier molecular flexibility index (Phi) is 5.13. The van der Waals surface area contributed by atoms with Crippen molar-refractivity contribution in [2.45, 2.75) is 36.2 Å². The van der Waals surface area contributed by atoms with Crippen molar-refractivity contribution < 1.29 is 13.2 Å². The predicted octanol–water partition coefficient (Wildman–Crippen LogP) is 3.07. The van der Waals surface area contributed by atoms with E-state index >= 15 is 0 Å². The molecule has 29 heavy (non-hydrogen) atoms. The highest BCUT2D eigenvalue weighted by Gasteiger charge is 2.43. The first-order valence-corrected chi connectivity index (χ1v) is 11.5. The zero-order valence-electron chi connectivity index (χ0n) is 15.9. The third-order valence-electron chi connectivity index (χ3n) is 4.96. The molecule has 1 aliphatic heterocycles. The second kappa shape index (κ2) is 7.60. The van der Waals surface area contributed by atoms with Crippen molar-refractivity contribution in [1.29, 1.82) is 0 Å². The van der Waals surface area contributed by atoms with Gasteiger partial charge in [-0.05, 0) is 46.5 Å². The summed E-state index contributed by atoms with van der Waals surface area (Å²) in [5.74, 6) is -0.521. The SMILES string of the molecule is CCC(C)c1cccc2c1C(=O)N(CSc1nnnn1-c1ccccc1)S2(=O)=O. The zero-order chi connectivity index (χ0) is 20.6. The van der Waals surface area contributed by atoms with E-state index in [1.807, 2.05) is 50.2 Å². The van der Waals surface area contributed by atoms with Crippen LogP contribution in [0.25, 0.3) is 5.69 Å². The lowest BCUT2D eigenvalue weighted by molar-refractivity contribution is 0.0885. The molecule has 1 aliphatic rings. The molecule has 1 aromatic heterocycles. The lowest BCUT2D eigenvalue weighted by atomic mass is 9.93. The molecule has 1 amide bonds. The molecule has 1 atom stereocenters. The van der Waals surface area contributed by atoms with Crippen LogP contribution < -0.4 is 0 Å². The van der Waals surface area contributed by atoms with Crippen molar-refractivity contribution in [2.75, 3.05) is 5.88 Å². The predicted molar refractivity (Wildman–Crippen MR) is 108 cm³/mol. The van der Waals surface area contributed by atoms with Crippen LogP contribution in [0.4, 0.5) is 0 Å². The number of carbonyl (C=O) groups excluding carboxylic acids is 1. The highest BCUT2D eigenvalue weighted by molar-refractivity contribution is 8.00. The van der Waals surface area contributed by atoms with Crippen molar-refractivity contribution in [3.05, 3.63) is 59.7 Å². The summed E-state index contributed by atoms with van der Waals surface area (Å²) in [5.41, 5.74) is 1.79. The lowest BCUT2D eigenvalue weighted by Crippen LogP contribution is -2.30. The maximum absolute atomic E-state index is 13.0. The fraction of sp³-hybridized carbons (Fsp3) is 0.263. The molecular weight excluding hydrogens is 410 g/mol. The number of fused-ring (bicyclic) bond motifs is 1. The van der Waals surface area contributed by atoms with Crippen LogP contribution in [0.3, 0.4) is 0 Å². The molecule has 0 saturated carbocycles. The molecule has 0 fully saturated rings. The van der Waals surface area contributed by atoms with Crippen LogP contribution in [-0.4, -0.2) is 44.7 Å². The van der Waals surface area contributed by atoms with Gasteiger partial charge in [0, 0.05) is 0 Å². The molecule has 0 N–H and O–H groups in total. The van der Waals surface area contributed by atoms with Crippen molar-refractivity contribution in [3.63, 3.8) is 0 Å². The van der Waals surface area contributed by atoms with E-state index in [0.717, 1.165) is 33.7 Å². The first-order chi connectivity index (χ1) is 13.9. The van der Waals surface area contributed by atoms with Gasteiger partial charge in [-0.1, -0.05) is 55.9 Å². The molecule has 150 valence electrons. The van der Waals surface area contributed by atoms with Crippen LogP contribution in [0.5, 0.6) is 0 Å².